The third-order valence-electron chi connectivity index (χ3n) is 9.10. The van der Waals surface area contributed by atoms with Crippen molar-refractivity contribution in [3.05, 3.63) is 135 Å². The molecule has 1 unspecified atom stereocenters. The number of hydrogen-bond donors (Lipinski definition) is 1. The van der Waals surface area contributed by atoms with Crippen LogP contribution in [-0.2, 0) is 16.6 Å². The molecule has 3 heterocycles. The van der Waals surface area contributed by atoms with Crippen LogP contribution in [0.5, 0.6) is 0 Å². The molecule has 3 aliphatic heterocycles. The molecule has 0 aliphatic carbocycles. The summed E-state index contributed by atoms with van der Waals surface area (Å²) in [5.41, 5.74) is 4.04. The number of amides is 1. The van der Waals surface area contributed by atoms with Crippen LogP contribution in [0.15, 0.2) is 108 Å². The summed E-state index contributed by atoms with van der Waals surface area (Å²) in [7, 11) is 0. The molecule has 4 aromatic rings. The number of Topliss-reactive ketones (excluding diaryl/α,β-unsaturated/α-hetero) is 2. The molecule has 0 bridgehead atoms. The highest BCUT2D eigenvalue weighted by atomic mass is 79.9. The fourth-order valence-electron chi connectivity index (χ4n) is 7.36. The number of hydrogen-bond acceptors (Lipinski definition) is 4. The van der Waals surface area contributed by atoms with Gasteiger partial charge in [-0.15, -0.1) is 0 Å². The number of anilines is 2. The number of para-hydroxylation sites is 2. The van der Waals surface area contributed by atoms with Crippen LogP contribution in [0, 0.1) is 11.8 Å². The number of rotatable bonds is 6. The first kappa shape index (κ1) is 27.5. The normalized spacial score (nSPS) is 23.2. The summed E-state index contributed by atoms with van der Waals surface area (Å²) in [6, 6.07) is 28.9. The number of benzene rings is 4. The zero-order valence-corrected chi connectivity index (χ0v) is 25.5. The molecule has 0 radical (unpaired) electrons. The summed E-state index contributed by atoms with van der Waals surface area (Å²) in [4.78, 5) is 46.2. The second-order valence-corrected chi connectivity index (χ2v) is 13.0. The Morgan fingerprint density at radius 3 is 2.26 bits per heavy atom. The minimum atomic E-state index is -1.32. The van der Waals surface area contributed by atoms with E-state index in [9.17, 15) is 14.4 Å². The first-order valence-corrected chi connectivity index (χ1v) is 15.5. The zero-order valence-electron chi connectivity index (χ0n) is 24.0. The van der Waals surface area contributed by atoms with Crippen molar-refractivity contribution in [2.45, 2.75) is 37.8 Å². The van der Waals surface area contributed by atoms with Crippen molar-refractivity contribution >= 4 is 50.9 Å². The van der Waals surface area contributed by atoms with E-state index in [4.69, 9.17) is 0 Å². The maximum atomic E-state index is 15.0. The molecule has 5 nitrogen and oxygen atoms in total. The monoisotopic (exact) mass is 630 g/mol. The van der Waals surface area contributed by atoms with Crippen molar-refractivity contribution < 1.29 is 14.4 Å². The zero-order chi connectivity index (χ0) is 29.9. The Morgan fingerprint density at radius 2 is 1.51 bits per heavy atom. The van der Waals surface area contributed by atoms with Crippen molar-refractivity contribution in [1.82, 2.24) is 0 Å². The average molecular weight is 632 g/mol. The Labute approximate surface area is 259 Å². The van der Waals surface area contributed by atoms with Crippen molar-refractivity contribution in [1.29, 1.82) is 0 Å². The lowest BCUT2D eigenvalue weighted by molar-refractivity contribution is -0.121. The van der Waals surface area contributed by atoms with E-state index >= 15 is 0 Å². The maximum Gasteiger partial charge on any atom is 0.238 e. The number of fused-ring (bicyclic) bond motifs is 6. The molecule has 1 spiro atoms. The van der Waals surface area contributed by atoms with Crippen LogP contribution in [0.2, 0.25) is 0 Å². The summed E-state index contributed by atoms with van der Waals surface area (Å²) in [6.07, 6.45) is 4.92. The van der Waals surface area contributed by atoms with Crippen LogP contribution in [0.1, 0.15) is 51.3 Å². The van der Waals surface area contributed by atoms with Gasteiger partial charge >= 0.3 is 0 Å². The average Bonchev–Trinajstić information content (AvgIpc) is 3.49. The second kappa shape index (κ2) is 10.5. The topological polar surface area (TPSA) is 66.5 Å². The van der Waals surface area contributed by atoms with Crippen LogP contribution in [-0.4, -0.2) is 29.6 Å². The first-order valence-electron chi connectivity index (χ1n) is 14.7. The molecule has 1 saturated heterocycles. The summed E-state index contributed by atoms with van der Waals surface area (Å²) < 4.78 is 0.856. The predicted octanol–water partition coefficient (Wildman–Crippen LogP) is 7.50. The number of carbonyl (C=O) groups excluding carboxylic acids is 3. The summed E-state index contributed by atoms with van der Waals surface area (Å²) >= 11 is 3.48. The van der Waals surface area contributed by atoms with Crippen LogP contribution >= 0.6 is 15.9 Å². The van der Waals surface area contributed by atoms with Gasteiger partial charge in [0.2, 0.25) is 5.91 Å². The van der Waals surface area contributed by atoms with E-state index in [0.717, 1.165) is 33.3 Å². The minimum Gasteiger partial charge on any atom is -0.352 e. The smallest absolute Gasteiger partial charge is 0.238 e. The van der Waals surface area contributed by atoms with E-state index < -0.39 is 23.4 Å². The van der Waals surface area contributed by atoms with Crippen molar-refractivity contribution in [3.63, 3.8) is 0 Å². The number of halogens is 1. The molecule has 4 atom stereocenters. The highest BCUT2D eigenvalue weighted by molar-refractivity contribution is 9.10. The molecule has 1 N–H and O–H groups in total. The molecule has 0 aromatic heterocycles. The second-order valence-electron chi connectivity index (χ2n) is 12.1. The van der Waals surface area contributed by atoms with Crippen molar-refractivity contribution in [2.75, 3.05) is 10.2 Å². The number of nitrogens with one attached hydrogen (secondary N) is 1. The Balaban J connectivity index is 1.48. The van der Waals surface area contributed by atoms with Crippen LogP contribution in [0.3, 0.4) is 0 Å². The summed E-state index contributed by atoms with van der Waals surface area (Å²) in [5, 5.41) is 3.09. The molecule has 43 heavy (non-hydrogen) atoms. The molecule has 0 saturated carbocycles. The molecule has 1 fully saturated rings. The molecule has 6 heteroatoms. The lowest BCUT2D eigenvalue weighted by atomic mass is 9.64. The van der Waals surface area contributed by atoms with E-state index in [0.29, 0.717) is 22.7 Å². The quantitative estimate of drug-likeness (QED) is 0.224. The van der Waals surface area contributed by atoms with Gasteiger partial charge in [-0.1, -0.05) is 115 Å². The van der Waals surface area contributed by atoms with Gasteiger partial charge in [0.25, 0.3) is 0 Å². The molecular weight excluding hydrogens is 600 g/mol. The van der Waals surface area contributed by atoms with Gasteiger partial charge in [0.15, 0.2) is 11.6 Å². The molecule has 3 aliphatic rings. The van der Waals surface area contributed by atoms with Gasteiger partial charge in [0.1, 0.15) is 11.5 Å². The van der Waals surface area contributed by atoms with E-state index in [-0.39, 0.29) is 17.5 Å². The molecular formula is C37H31BrN2O3. The van der Waals surface area contributed by atoms with Gasteiger partial charge in [-0.3, -0.25) is 14.4 Å². The maximum absolute atomic E-state index is 15.0. The van der Waals surface area contributed by atoms with E-state index in [1.807, 2.05) is 102 Å². The minimum absolute atomic E-state index is 0.188. The Bertz CT molecular complexity index is 1790. The van der Waals surface area contributed by atoms with Crippen LogP contribution in [0.25, 0.3) is 6.08 Å². The molecule has 214 valence electrons. The number of nitrogens with zero attached hydrogens (tertiary/aromatic N) is 1. The SMILES string of the molecule is CC(C)Cc1ccc(C(=O)[C@@H]2[C@H](C(=O)c3ccc(Br)cc3)N3c4ccccc4C=CC3[C@@]23C(=O)Nc2ccccc23)cc1. The standard InChI is InChI=1S/C37H31BrN2O3/c1-22(2)21-23-11-13-25(14-12-23)34(41)32-33(35(42)26-15-18-27(38)19-16-26)40-30-10-6-3-7-24(30)17-20-31(40)37(32)28-8-4-5-9-29(28)39-36(37)43/h3-20,22,31-33H,21H2,1-2H3,(H,39,43)/t31?,32-,33+,37+/m0/s1. The Hall–Kier alpha value is -4.29. The van der Waals surface area contributed by atoms with Gasteiger partial charge in [0, 0.05) is 27.0 Å². The molecule has 1 amide bonds. The number of ketones is 2. The van der Waals surface area contributed by atoms with Gasteiger partial charge in [0.05, 0.1) is 12.0 Å². The van der Waals surface area contributed by atoms with Crippen LogP contribution < -0.4 is 10.2 Å². The van der Waals surface area contributed by atoms with Crippen LogP contribution in [0.4, 0.5) is 11.4 Å². The fourth-order valence-corrected chi connectivity index (χ4v) is 7.63. The van der Waals surface area contributed by atoms with Gasteiger partial charge in [-0.25, -0.2) is 0 Å². The lowest BCUT2D eigenvalue weighted by Crippen LogP contribution is -2.51. The van der Waals surface area contributed by atoms with Gasteiger partial charge in [-0.05, 0) is 53.3 Å². The number of carbonyl (C=O) groups is 3. The third-order valence-corrected chi connectivity index (χ3v) is 9.63. The fraction of sp³-hybridized carbons (Fsp3) is 0.216. The van der Waals surface area contributed by atoms with E-state index in [1.165, 1.54) is 0 Å². The third kappa shape index (κ3) is 4.22. The highest BCUT2D eigenvalue weighted by Crippen LogP contribution is 2.58. The molecule has 4 aromatic carbocycles. The van der Waals surface area contributed by atoms with E-state index in [2.05, 4.69) is 35.1 Å². The van der Waals surface area contributed by atoms with Crippen molar-refractivity contribution in [2.24, 2.45) is 11.8 Å². The van der Waals surface area contributed by atoms with Crippen molar-refractivity contribution in [3.8, 4) is 0 Å². The Morgan fingerprint density at radius 1 is 0.860 bits per heavy atom. The highest BCUT2D eigenvalue weighted by Gasteiger charge is 2.70. The lowest BCUT2D eigenvalue weighted by Gasteiger charge is -2.37. The largest absolute Gasteiger partial charge is 0.352 e. The first-order chi connectivity index (χ1) is 20.8. The summed E-state index contributed by atoms with van der Waals surface area (Å²) in [5.74, 6) is -1.16. The molecule has 7 rings (SSSR count). The summed E-state index contributed by atoms with van der Waals surface area (Å²) in [6.45, 7) is 4.33. The Kier molecular flexibility index (Phi) is 6.70. The predicted molar refractivity (Wildman–Crippen MR) is 174 cm³/mol. The van der Waals surface area contributed by atoms with E-state index in [1.54, 1.807) is 12.1 Å². The van der Waals surface area contributed by atoms with Gasteiger partial charge < -0.3 is 10.2 Å². The van der Waals surface area contributed by atoms with Gasteiger partial charge in [-0.2, -0.15) is 0 Å².